The first-order chi connectivity index (χ1) is 24.7. The topological polar surface area (TPSA) is 81.2 Å². The van der Waals surface area contributed by atoms with Gasteiger partial charge in [-0.05, 0) is 71.8 Å². The molecule has 0 aliphatic rings. The molecule has 0 atom stereocenters. The third-order valence-electron chi connectivity index (χ3n) is 9.65. The standard InChI is InChI=1S/C45H25N5/c46-26-29-17-22-45-40(23-29)39-12-4-5-13-41(39)49(45)33-19-21-34(32(25-33)28-48)30-18-20-35(31(24-30)27-47)36-9-1-6-14-42(36)50-43-15-7-2-10-37(43)38-11-3-8-16-44(38)50/h1-25H. The summed E-state index contributed by atoms with van der Waals surface area (Å²) in [6.07, 6.45) is 0. The van der Waals surface area contributed by atoms with E-state index in [1.807, 2.05) is 78.9 Å². The van der Waals surface area contributed by atoms with E-state index >= 15 is 0 Å². The first-order valence-corrected chi connectivity index (χ1v) is 16.3. The Morgan fingerprint density at radius 1 is 0.380 bits per heavy atom. The number of benzene rings is 7. The van der Waals surface area contributed by atoms with Gasteiger partial charge in [-0.2, -0.15) is 15.8 Å². The van der Waals surface area contributed by atoms with Gasteiger partial charge in [0, 0.05) is 38.4 Å². The van der Waals surface area contributed by atoms with Crippen LogP contribution in [0, 0.1) is 34.0 Å². The molecule has 0 aliphatic carbocycles. The van der Waals surface area contributed by atoms with Crippen molar-refractivity contribution in [2.75, 3.05) is 0 Å². The molecule has 2 aromatic heterocycles. The molecule has 5 heteroatoms. The highest BCUT2D eigenvalue weighted by molar-refractivity contribution is 6.11. The van der Waals surface area contributed by atoms with Crippen LogP contribution in [0.1, 0.15) is 16.7 Å². The molecule has 230 valence electrons. The zero-order valence-electron chi connectivity index (χ0n) is 26.7. The number of hydrogen-bond acceptors (Lipinski definition) is 3. The molecule has 0 saturated carbocycles. The molecule has 9 aromatic rings. The molecule has 50 heavy (non-hydrogen) atoms. The van der Waals surface area contributed by atoms with Crippen LogP contribution in [0.25, 0.3) is 77.2 Å². The zero-order chi connectivity index (χ0) is 33.8. The van der Waals surface area contributed by atoms with Gasteiger partial charge in [0.15, 0.2) is 0 Å². The van der Waals surface area contributed by atoms with E-state index in [4.69, 9.17) is 0 Å². The Labute approximate surface area is 287 Å². The highest BCUT2D eigenvalue weighted by Crippen LogP contribution is 2.39. The molecule has 0 N–H and O–H groups in total. The van der Waals surface area contributed by atoms with Gasteiger partial charge < -0.3 is 9.13 Å². The van der Waals surface area contributed by atoms with Crippen molar-refractivity contribution in [2.24, 2.45) is 0 Å². The third kappa shape index (κ3) is 4.31. The van der Waals surface area contributed by atoms with Crippen LogP contribution >= 0.6 is 0 Å². The van der Waals surface area contributed by atoms with Crippen LogP contribution in [0.5, 0.6) is 0 Å². The minimum atomic E-state index is 0.504. The van der Waals surface area contributed by atoms with Gasteiger partial charge in [-0.1, -0.05) is 91.0 Å². The van der Waals surface area contributed by atoms with E-state index in [2.05, 4.69) is 100 Å². The average molecular weight is 636 g/mol. The highest BCUT2D eigenvalue weighted by atomic mass is 15.0. The number of fused-ring (bicyclic) bond motifs is 6. The summed E-state index contributed by atoms with van der Waals surface area (Å²) in [7, 11) is 0. The highest BCUT2D eigenvalue weighted by Gasteiger charge is 2.19. The normalized spacial score (nSPS) is 11.1. The fraction of sp³-hybridized carbons (Fsp3) is 0. The van der Waals surface area contributed by atoms with Crippen molar-refractivity contribution in [1.82, 2.24) is 9.13 Å². The smallest absolute Gasteiger partial charge is 0.0998 e. The van der Waals surface area contributed by atoms with Crippen LogP contribution in [0.3, 0.4) is 0 Å². The van der Waals surface area contributed by atoms with Crippen LogP contribution in [-0.4, -0.2) is 9.13 Å². The first-order valence-electron chi connectivity index (χ1n) is 16.3. The Bertz CT molecular complexity index is 2920. The van der Waals surface area contributed by atoms with Gasteiger partial charge in [-0.15, -0.1) is 0 Å². The van der Waals surface area contributed by atoms with Crippen molar-refractivity contribution in [3.63, 3.8) is 0 Å². The van der Waals surface area contributed by atoms with Crippen molar-refractivity contribution >= 4 is 43.6 Å². The van der Waals surface area contributed by atoms with Gasteiger partial charge in [0.1, 0.15) is 0 Å². The average Bonchev–Trinajstić information content (AvgIpc) is 3.70. The first kappa shape index (κ1) is 28.8. The second-order valence-electron chi connectivity index (χ2n) is 12.3. The predicted molar refractivity (Wildman–Crippen MR) is 200 cm³/mol. The molecular weight excluding hydrogens is 611 g/mol. The summed E-state index contributed by atoms with van der Waals surface area (Å²) >= 11 is 0. The van der Waals surface area contributed by atoms with E-state index in [1.54, 1.807) is 0 Å². The predicted octanol–water partition coefficient (Wildman–Crippen LogP) is 10.8. The summed E-state index contributed by atoms with van der Waals surface area (Å²) in [4.78, 5) is 0. The lowest BCUT2D eigenvalue weighted by Gasteiger charge is -2.16. The molecule has 0 unspecified atom stereocenters. The van der Waals surface area contributed by atoms with Crippen LogP contribution in [0.15, 0.2) is 152 Å². The Morgan fingerprint density at radius 2 is 0.940 bits per heavy atom. The number of aromatic nitrogens is 2. The second-order valence-corrected chi connectivity index (χ2v) is 12.3. The van der Waals surface area contributed by atoms with Gasteiger partial charge in [0.25, 0.3) is 0 Å². The van der Waals surface area contributed by atoms with Crippen LogP contribution < -0.4 is 0 Å². The second kappa shape index (κ2) is 11.4. The van der Waals surface area contributed by atoms with E-state index in [0.29, 0.717) is 16.7 Å². The monoisotopic (exact) mass is 635 g/mol. The van der Waals surface area contributed by atoms with Gasteiger partial charge >= 0.3 is 0 Å². The number of para-hydroxylation sites is 4. The van der Waals surface area contributed by atoms with Crippen molar-refractivity contribution < 1.29 is 0 Å². The maximum atomic E-state index is 10.5. The summed E-state index contributed by atoms with van der Waals surface area (Å²) in [6.45, 7) is 0. The maximum Gasteiger partial charge on any atom is 0.0998 e. The summed E-state index contributed by atoms with van der Waals surface area (Å²) < 4.78 is 4.41. The number of nitrogens with zero attached hydrogens (tertiary/aromatic N) is 5. The third-order valence-corrected chi connectivity index (χ3v) is 9.65. The lowest BCUT2D eigenvalue weighted by Crippen LogP contribution is -1.99. The van der Waals surface area contributed by atoms with E-state index in [9.17, 15) is 15.8 Å². The summed E-state index contributed by atoms with van der Waals surface area (Å²) in [5, 5.41) is 34.8. The van der Waals surface area contributed by atoms with E-state index in [1.165, 1.54) is 10.8 Å². The molecule has 2 heterocycles. The summed E-state index contributed by atoms with van der Waals surface area (Å²) in [6, 6.07) is 57.7. The van der Waals surface area contributed by atoms with Crippen molar-refractivity contribution in [1.29, 1.82) is 15.8 Å². The fourth-order valence-electron chi connectivity index (χ4n) is 7.45. The molecule has 0 bridgehead atoms. The Kier molecular flexibility index (Phi) is 6.56. The van der Waals surface area contributed by atoms with Gasteiger partial charge in [0.2, 0.25) is 0 Å². The fourth-order valence-corrected chi connectivity index (χ4v) is 7.45. The molecule has 9 rings (SSSR count). The molecular formula is C45H25N5. The summed E-state index contributed by atoms with van der Waals surface area (Å²) in [5.74, 6) is 0. The van der Waals surface area contributed by atoms with E-state index < -0.39 is 0 Å². The van der Waals surface area contributed by atoms with Gasteiger partial charge in [-0.25, -0.2) is 0 Å². The molecule has 0 fully saturated rings. The van der Waals surface area contributed by atoms with Crippen molar-refractivity contribution in [2.45, 2.75) is 0 Å². The number of hydrogen-bond donors (Lipinski definition) is 0. The molecule has 0 aliphatic heterocycles. The molecule has 0 spiro atoms. The number of nitriles is 3. The van der Waals surface area contributed by atoms with Crippen molar-refractivity contribution in [3.05, 3.63) is 168 Å². The minimum Gasteiger partial charge on any atom is -0.309 e. The maximum absolute atomic E-state index is 10.5. The quantitative estimate of drug-likeness (QED) is 0.193. The largest absolute Gasteiger partial charge is 0.309 e. The SMILES string of the molecule is N#Cc1ccc2c(c1)c1ccccc1n2-c1ccc(-c2ccc(-c3ccccc3-n3c4ccccc4c4ccccc43)c(C#N)c2)c(C#N)c1. The minimum absolute atomic E-state index is 0.504. The van der Waals surface area contributed by atoms with Gasteiger partial charge in [-0.3, -0.25) is 0 Å². The Balaban J connectivity index is 1.18. The van der Waals surface area contributed by atoms with Crippen LogP contribution in [0.4, 0.5) is 0 Å². The lowest BCUT2D eigenvalue weighted by molar-refractivity contribution is 1.18. The molecule has 7 aromatic carbocycles. The van der Waals surface area contributed by atoms with Crippen molar-refractivity contribution in [3.8, 4) is 51.8 Å². The van der Waals surface area contributed by atoms with E-state index in [0.717, 1.165) is 66.5 Å². The Hall–Kier alpha value is -7.39. The number of rotatable bonds is 4. The lowest BCUT2D eigenvalue weighted by atomic mass is 9.92. The molecule has 0 amide bonds. The summed E-state index contributed by atoms with van der Waals surface area (Å²) in [5.41, 5.74) is 10.9. The van der Waals surface area contributed by atoms with Crippen LogP contribution in [0.2, 0.25) is 0 Å². The molecule has 0 saturated heterocycles. The van der Waals surface area contributed by atoms with E-state index in [-0.39, 0.29) is 0 Å². The van der Waals surface area contributed by atoms with Crippen LogP contribution in [-0.2, 0) is 0 Å². The Morgan fingerprint density at radius 3 is 1.62 bits per heavy atom. The zero-order valence-corrected chi connectivity index (χ0v) is 26.7. The molecule has 5 nitrogen and oxygen atoms in total. The molecule has 0 radical (unpaired) electrons. The van der Waals surface area contributed by atoms with Gasteiger partial charge in [0.05, 0.1) is 62.7 Å².